The first kappa shape index (κ1) is 14.6. The molecule has 0 fully saturated rings. The third-order valence-corrected chi connectivity index (χ3v) is 4.46. The van der Waals surface area contributed by atoms with E-state index in [-0.39, 0.29) is 17.0 Å². The molecule has 3 nitrogen and oxygen atoms in total. The van der Waals surface area contributed by atoms with Gasteiger partial charge in [0.05, 0.1) is 12.1 Å². The number of carbonyl (C=O) groups is 1. The number of nitrogens with zero attached hydrogens (tertiary/aromatic N) is 1. The Morgan fingerprint density at radius 1 is 1.47 bits per heavy atom. The van der Waals surface area contributed by atoms with E-state index in [9.17, 15) is 4.79 Å². The highest BCUT2D eigenvalue weighted by Gasteiger charge is 2.12. The second-order valence-corrected chi connectivity index (χ2v) is 5.55. The van der Waals surface area contributed by atoms with Gasteiger partial charge >= 0.3 is 5.97 Å². The lowest BCUT2D eigenvalue weighted by Gasteiger charge is -2.04. The van der Waals surface area contributed by atoms with E-state index in [0.29, 0.717) is 11.3 Å². The average Bonchev–Trinajstić information content (AvgIpc) is 2.79. The van der Waals surface area contributed by atoms with Crippen molar-refractivity contribution < 1.29 is 9.90 Å². The first-order valence-electron chi connectivity index (χ1n) is 4.88. The first-order chi connectivity index (χ1) is 7.77. The summed E-state index contributed by atoms with van der Waals surface area (Å²) < 4.78 is 1.07. The second kappa shape index (κ2) is 7.08. The van der Waals surface area contributed by atoms with Crippen LogP contribution in [0.4, 0.5) is 0 Å². The van der Waals surface area contributed by atoms with Crippen molar-refractivity contribution in [3.63, 3.8) is 0 Å². The van der Waals surface area contributed by atoms with Crippen molar-refractivity contribution >= 4 is 50.9 Å². The molecule has 0 spiro atoms. The van der Waals surface area contributed by atoms with Crippen molar-refractivity contribution in [2.45, 2.75) is 5.75 Å². The van der Waals surface area contributed by atoms with Crippen LogP contribution in [0.2, 0.25) is 0 Å². The number of carboxylic acids is 1. The summed E-state index contributed by atoms with van der Waals surface area (Å²) in [6.45, 7) is 0.883. The third kappa shape index (κ3) is 4.04. The Morgan fingerprint density at radius 3 is 2.88 bits per heavy atom. The Bertz CT molecular complexity index is 437. The minimum Gasteiger partial charge on any atom is -0.478 e. The molecule has 0 saturated heterocycles. The summed E-state index contributed by atoms with van der Waals surface area (Å²) in [7, 11) is 0. The van der Waals surface area contributed by atoms with Gasteiger partial charge in [0.25, 0.3) is 0 Å². The molecule has 0 atom stereocenters. The Hall–Kier alpha value is -0.460. The summed E-state index contributed by atoms with van der Waals surface area (Å²) in [5, 5.41) is 9.01. The Morgan fingerprint density at radius 2 is 2.24 bits per heavy atom. The number of benzene rings is 1. The largest absolute Gasteiger partial charge is 0.478 e. The van der Waals surface area contributed by atoms with Crippen molar-refractivity contribution in [3.8, 4) is 0 Å². The smallest absolute Gasteiger partial charge is 0.335 e. The number of aliphatic imine (C=N–C) groups is 1. The van der Waals surface area contributed by atoms with Crippen LogP contribution in [-0.4, -0.2) is 27.7 Å². The number of carboxylic acid groups (broad SMARTS) is 1. The predicted molar refractivity (Wildman–Crippen MR) is 79.8 cm³/mol. The number of thioether (sulfide) groups is 2. The quantitative estimate of drug-likeness (QED) is 0.921. The molecule has 1 N–H and O–H groups in total. The van der Waals surface area contributed by atoms with Gasteiger partial charge in [-0.15, -0.1) is 17.0 Å². The van der Waals surface area contributed by atoms with Crippen LogP contribution in [0.15, 0.2) is 29.3 Å². The number of halogens is 1. The predicted octanol–water partition coefficient (Wildman–Crippen LogP) is 3.30. The molecule has 92 valence electrons. The maximum Gasteiger partial charge on any atom is 0.335 e. The van der Waals surface area contributed by atoms with Gasteiger partial charge in [-0.05, 0) is 11.6 Å². The molecule has 2 rings (SSSR count). The van der Waals surface area contributed by atoms with Crippen LogP contribution >= 0.6 is 40.5 Å². The molecule has 1 aliphatic rings. The molecule has 6 heteroatoms. The van der Waals surface area contributed by atoms with Crippen molar-refractivity contribution in [2.75, 3.05) is 12.3 Å². The first-order valence-corrected chi connectivity index (χ1v) is 6.86. The molecule has 1 heterocycles. The molecule has 0 aromatic heterocycles. The zero-order valence-electron chi connectivity index (χ0n) is 8.96. The number of hydrogen-bond donors (Lipinski definition) is 1. The molecule has 17 heavy (non-hydrogen) atoms. The van der Waals surface area contributed by atoms with E-state index < -0.39 is 5.97 Å². The third-order valence-electron chi connectivity index (χ3n) is 2.16. The minimum absolute atomic E-state index is 0. The van der Waals surface area contributed by atoms with E-state index in [0.717, 1.165) is 22.2 Å². The van der Waals surface area contributed by atoms with E-state index in [1.807, 2.05) is 12.1 Å². The number of aromatic carboxylic acids is 1. The fourth-order valence-corrected chi connectivity index (χ4v) is 3.41. The zero-order chi connectivity index (χ0) is 11.4. The highest BCUT2D eigenvalue weighted by molar-refractivity contribution is 8.93. The van der Waals surface area contributed by atoms with Crippen LogP contribution in [0, 0.1) is 0 Å². The molecule has 1 aromatic carbocycles. The average molecular weight is 334 g/mol. The fourth-order valence-electron chi connectivity index (χ4n) is 1.40. The second-order valence-electron chi connectivity index (χ2n) is 3.25. The Kier molecular flexibility index (Phi) is 6.08. The van der Waals surface area contributed by atoms with Gasteiger partial charge in [0.2, 0.25) is 0 Å². The highest BCUT2D eigenvalue weighted by Crippen LogP contribution is 2.26. The van der Waals surface area contributed by atoms with Crippen molar-refractivity contribution in [2.24, 2.45) is 4.99 Å². The maximum atomic E-state index is 11.0. The molecular formula is C11H12BrNO2S2. The molecule has 0 aliphatic carbocycles. The van der Waals surface area contributed by atoms with Gasteiger partial charge in [-0.2, -0.15) is 0 Å². The monoisotopic (exact) mass is 333 g/mol. The normalized spacial score (nSPS) is 14.0. The lowest BCUT2D eigenvalue weighted by atomic mass is 10.1. The zero-order valence-corrected chi connectivity index (χ0v) is 12.3. The van der Waals surface area contributed by atoms with Gasteiger partial charge in [0.1, 0.15) is 4.38 Å². The number of hydrogen-bond acceptors (Lipinski definition) is 4. The van der Waals surface area contributed by atoms with Crippen LogP contribution in [-0.2, 0) is 5.75 Å². The maximum absolute atomic E-state index is 11.0. The lowest BCUT2D eigenvalue weighted by molar-refractivity contribution is 0.0696. The summed E-state index contributed by atoms with van der Waals surface area (Å²) >= 11 is 3.36. The van der Waals surface area contributed by atoms with Gasteiger partial charge in [-0.3, -0.25) is 4.99 Å². The molecule has 1 aromatic rings. The van der Waals surface area contributed by atoms with E-state index in [2.05, 4.69) is 4.99 Å². The van der Waals surface area contributed by atoms with E-state index in [1.165, 1.54) is 0 Å². The molecule has 0 bridgehead atoms. The van der Waals surface area contributed by atoms with Crippen LogP contribution in [0.3, 0.4) is 0 Å². The standard InChI is InChI=1S/C11H11NO2S2.BrH/c13-10(14)9-4-2-1-3-8(9)7-16-11-12-5-6-15-11;/h1-4H,5-7H2,(H,13,14);1H. The molecule has 0 amide bonds. The molecule has 1 aliphatic heterocycles. The van der Waals surface area contributed by atoms with E-state index >= 15 is 0 Å². The number of rotatable bonds is 3. The van der Waals surface area contributed by atoms with Gasteiger partial charge < -0.3 is 5.11 Å². The van der Waals surface area contributed by atoms with E-state index in [1.54, 1.807) is 35.7 Å². The molecular weight excluding hydrogens is 322 g/mol. The molecule has 0 radical (unpaired) electrons. The SMILES string of the molecule is Br.O=C(O)c1ccccc1CSC1=NCCS1. The van der Waals surface area contributed by atoms with Crippen LogP contribution in [0.1, 0.15) is 15.9 Å². The highest BCUT2D eigenvalue weighted by atomic mass is 79.9. The topological polar surface area (TPSA) is 49.7 Å². The van der Waals surface area contributed by atoms with Crippen LogP contribution in [0.25, 0.3) is 0 Å². The van der Waals surface area contributed by atoms with Gasteiger partial charge in [-0.1, -0.05) is 41.7 Å². The fraction of sp³-hybridized carbons (Fsp3) is 0.273. The Balaban J connectivity index is 0.00000144. The van der Waals surface area contributed by atoms with Crippen molar-refractivity contribution in [1.29, 1.82) is 0 Å². The van der Waals surface area contributed by atoms with Crippen LogP contribution < -0.4 is 0 Å². The van der Waals surface area contributed by atoms with Gasteiger partial charge in [0, 0.05) is 11.5 Å². The summed E-state index contributed by atoms with van der Waals surface area (Å²) in [5.41, 5.74) is 1.24. The van der Waals surface area contributed by atoms with Gasteiger partial charge in [-0.25, -0.2) is 4.79 Å². The molecule has 0 saturated carbocycles. The summed E-state index contributed by atoms with van der Waals surface area (Å²) in [6, 6.07) is 7.11. The summed E-state index contributed by atoms with van der Waals surface area (Å²) in [6.07, 6.45) is 0. The van der Waals surface area contributed by atoms with Crippen molar-refractivity contribution in [3.05, 3.63) is 35.4 Å². The van der Waals surface area contributed by atoms with Crippen LogP contribution in [0.5, 0.6) is 0 Å². The Labute approximate surface area is 119 Å². The molecule has 0 unspecified atom stereocenters. The van der Waals surface area contributed by atoms with Gasteiger partial charge in [0.15, 0.2) is 0 Å². The lowest BCUT2D eigenvalue weighted by Crippen LogP contribution is -2.01. The van der Waals surface area contributed by atoms with Crippen molar-refractivity contribution in [1.82, 2.24) is 0 Å². The minimum atomic E-state index is -0.864. The summed E-state index contributed by atoms with van der Waals surface area (Å²) in [4.78, 5) is 15.3. The van der Waals surface area contributed by atoms with E-state index in [4.69, 9.17) is 5.11 Å². The summed E-state index contributed by atoms with van der Waals surface area (Å²) in [5.74, 6) is 0.856.